The van der Waals surface area contributed by atoms with E-state index in [0.29, 0.717) is 0 Å². The maximum atomic E-state index is 8.00. The third kappa shape index (κ3) is 3.92. The van der Waals surface area contributed by atoms with E-state index in [1.807, 2.05) is 0 Å². The summed E-state index contributed by atoms with van der Waals surface area (Å²) in [4.78, 5) is 0. The summed E-state index contributed by atoms with van der Waals surface area (Å²) in [6.07, 6.45) is -0.810. The van der Waals surface area contributed by atoms with Crippen LogP contribution in [0.2, 0.25) is 0 Å². The Kier molecular flexibility index (Phi) is 2.14. The molecule has 0 saturated carbocycles. The molecule has 0 radical (unpaired) electrons. The molecule has 2 heteroatoms. The van der Waals surface area contributed by atoms with E-state index >= 15 is 0 Å². The quantitative estimate of drug-likeness (QED) is 0.399. The van der Waals surface area contributed by atoms with Gasteiger partial charge >= 0.3 is 0 Å². The van der Waals surface area contributed by atoms with Crippen LogP contribution in [0.3, 0.4) is 0 Å². The maximum Gasteiger partial charge on any atom is 0.0408 e. The number of hydrogen-bond acceptors (Lipinski definition) is 2. The van der Waals surface area contributed by atoms with Crippen molar-refractivity contribution in [1.29, 1.82) is 0 Å². The molecule has 0 fully saturated rings. The minimum atomic E-state index is -0.810. The van der Waals surface area contributed by atoms with Crippen LogP contribution in [0, 0.1) is 6.92 Å². The number of rotatable bonds is 1. The summed E-state index contributed by atoms with van der Waals surface area (Å²) in [5, 5.41) is 15.8. The second-order valence-corrected chi connectivity index (χ2v) is 0.836. The van der Waals surface area contributed by atoms with Crippen LogP contribution in [0.5, 0.6) is 0 Å². The van der Waals surface area contributed by atoms with Crippen LogP contribution < -0.4 is 0 Å². The molecule has 32 valence electrons. The van der Waals surface area contributed by atoms with E-state index < -0.39 is 6.10 Å². The van der Waals surface area contributed by atoms with E-state index in [-0.39, 0.29) is 6.61 Å². The molecule has 1 atom stereocenters. The van der Waals surface area contributed by atoms with Crippen molar-refractivity contribution in [3.63, 3.8) is 0 Å². The summed E-state index contributed by atoms with van der Waals surface area (Å²) in [6.45, 7) is 2.81. The third-order valence-corrected chi connectivity index (χ3v) is 0.211. The molecule has 5 heavy (non-hydrogen) atoms. The Hall–Kier alpha value is -0.0800. The zero-order valence-corrected chi connectivity index (χ0v) is 2.89. The topological polar surface area (TPSA) is 40.5 Å². The molecule has 2 N–H and O–H groups in total. The molecule has 0 spiro atoms. The molecule has 0 heterocycles. The van der Waals surface area contributed by atoms with E-state index in [0.717, 1.165) is 0 Å². The Bertz CT molecular complexity index is 18.9. The highest BCUT2D eigenvalue weighted by atomic mass is 16.3. The molecule has 0 aliphatic rings. The Morgan fingerprint density at radius 3 is 2.00 bits per heavy atom. The van der Waals surface area contributed by atoms with Crippen molar-refractivity contribution >= 4 is 0 Å². The minimum absolute atomic E-state index is 0.250. The standard InChI is InChI=1S/C3H7O2/c1-3(5)2-4/h3-5H,1-2H2/q-1. The molecule has 0 aromatic rings. The first-order valence-electron chi connectivity index (χ1n) is 1.39. The van der Waals surface area contributed by atoms with Crippen molar-refractivity contribution < 1.29 is 10.2 Å². The lowest BCUT2D eigenvalue weighted by molar-refractivity contribution is 0.129. The van der Waals surface area contributed by atoms with Gasteiger partial charge in [0.1, 0.15) is 0 Å². The van der Waals surface area contributed by atoms with E-state index in [2.05, 4.69) is 6.92 Å². The predicted octanol–water partition coefficient (Wildman–Crippen LogP) is -0.826. The average Bonchev–Trinajstić information content (AvgIpc) is 1.38. The monoisotopic (exact) mass is 75.0 g/mol. The van der Waals surface area contributed by atoms with Gasteiger partial charge in [-0.25, -0.2) is 0 Å². The fourth-order valence-electron chi connectivity index (χ4n) is 0. The summed E-state index contributed by atoms with van der Waals surface area (Å²) in [5.41, 5.74) is 0. The number of hydrogen-bond donors (Lipinski definition) is 2. The Morgan fingerprint density at radius 2 is 2.00 bits per heavy atom. The zero-order valence-electron chi connectivity index (χ0n) is 2.89. The first-order chi connectivity index (χ1) is 2.27. The van der Waals surface area contributed by atoms with Crippen molar-refractivity contribution in [3.05, 3.63) is 6.92 Å². The van der Waals surface area contributed by atoms with Gasteiger partial charge in [0.25, 0.3) is 0 Å². The second kappa shape index (κ2) is 2.18. The molecule has 0 saturated heterocycles. The molecule has 0 aliphatic carbocycles. The summed E-state index contributed by atoms with van der Waals surface area (Å²) in [5.74, 6) is 0. The summed E-state index contributed by atoms with van der Waals surface area (Å²) in [7, 11) is 0. The summed E-state index contributed by atoms with van der Waals surface area (Å²) >= 11 is 0. The Balaban J connectivity index is 2.54. The summed E-state index contributed by atoms with van der Waals surface area (Å²) < 4.78 is 0. The van der Waals surface area contributed by atoms with Gasteiger partial charge in [0.2, 0.25) is 0 Å². The SMILES string of the molecule is [CH2-]C(O)CO. The first kappa shape index (κ1) is 4.92. The van der Waals surface area contributed by atoms with Crippen LogP contribution in [0.15, 0.2) is 0 Å². The zero-order chi connectivity index (χ0) is 4.28. The van der Waals surface area contributed by atoms with Gasteiger partial charge in [-0.3, -0.25) is 0 Å². The molecule has 0 bridgehead atoms. The molecule has 2 nitrogen and oxygen atoms in total. The fraction of sp³-hybridized carbons (Fsp3) is 0.667. The highest BCUT2D eigenvalue weighted by molar-refractivity contribution is 4.49. The van der Waals surface area contributed by atoms with Crippen molar-refractivity contribution in [2.45, 2.75) is 6.10 Å². The van der Waals surface area contributed by atoms with Crippen molar-refractivity contribution in [1.82, 2.24) is 0 Å². The van der Waals surface area contributed by atoms with Gasteiger partial charge < -0.3 is 17.1 Å². The van der Waals surface area contributed by atoms with Crippen LogP contribution in [0.1, 0.15) is 0 Å². The van der Waals surface area contributed by atoms with Crippen LogP contribution in [-0.4, -0.2) is 22.9 Å². The predicted molar refractivity (Wildman–Crippen MR) is 18.4 cm³/mol. The van der Waals surface area contributed by atoms with E-state index in [1.165, 1.54) is 0 Å². The minimum Gasteiger partial charge on any atom is -0.423 e. The molecule has 0 aromatic heterocycles. The lowest BCUT2D eigenvalue weighted by Gasteiger charge is -1.99. The highest BCUT2D eigenvalue weighted by Crippen LogP contribution is 1.67. The first-order valence-corrected chi connectivity index (χ1v) is 1.39. The van der Waals surface area contributed by atoms with Crippen LogP contribution in [-0.2, 0) is 0 Å². The van der Waals surface area contributed by atoms with Gasteiger partial charge in [0, 0.05) is 6.61 Å². The van der Waals surface area contributed by atoms with Gasteiger partial charge in [-0.1, -0.05) is 0 Å². The third-order valence-electron chi connectivity index (χ3n) is 0.211. The number of aliphatic hydroxyl groups excluding tert-OH is 2. The average molecular weight is 75.1 g/mol. The Morgan fingerprint density at radius 1 is 1.80 bits per heavy atom. The van der Waals surface area contributed by atoms with Gasteiger partial charge in [-0.2, -0.15) is 0 Å². The molecule has 0 rings (SSSR count). The maximum absolute atomic E-state index is 8.00. The van der Waals surface area contributed by atoms with E-state index in [1.54, 1.807) is 0 Å². The lowest BCUT2D eigenvalue weighted by Crippen LogP contribution is -2.04. The van der Waals surface area contributed by atoms with Crippen LogP contribution in [0.4, 0.5) is 0 Å². The van der Waals surface area contributed by atoms with Crippen molar-refractivity contribution in [3.8, 4) is 0 Å². The van der Waals surface area contributed by atoms with Gasteiger partial charge in [0.15, 0.2) is 0 Å². The molecule has 0 aliphatic heterocycles. The van der Waals surface area contributed by atoms with Crippen molar-refractivity contribution in [2.75, 3.05) is 6.61 Å². The highest BCUT2D eigenvalue weighted by Gasteiger charge is 1.73. The lowest BCUT2D eigenvalue weighted by atomic mass is 10.5. The second-order valence-electron chi connectivity index (χ2n) is 0.836. The van der Waals surface area contributed by atoms with Crippen LogP contribution >= 0.6 is 0 Å². The fourth-order valence-corrected chi connectivity index (χ4v) is 0. The van der Waals surface area contributed by atoms with Gasteiger partial charge in [-0.15, -0.1) is 0 Å². The molecule has 1 unspecified atom stereocenters. The molecule has 0 amide bonds. The molecular formula is C3H7O2-. The Labute approximate surface area is 31.1 Å². The molecule has 0 aromatic carbocycles. The van der Waals surface area contributed by atoms with Gasteiger partial charge in [0.05, 0.1) is 0 Å². The van der Waals surface area contributed by atoms with Crippen molar-refractivity contribution in [2.24, 2.45) is 0 Å². The number of aliphatic hydroxyl groups is 2. The van der Waals surface area contributed by atoms with E-state index in [9.17, 15) is 0 Å². The van der Waals surface area contributed by atoms with E-state index in [4.69, 9.17) is 10.2 Å². The van der Waals surface area contributed by atoms with Gasteiger partial charge in [-0.05, 0) is 6.10 Å². The molecular weight excluding hydrogens is 68.0 g/mol. The largest absolute Gasteiger partial charge is 0.423 e. The van der Waals surface area contributed by atoms with Crippen LogP contribution in [0.25, 0.3) is 0 Å². The summed E-state index contributed by atoms with van der Waals surface area (Å²) in [6, 6.07) is 0. The normalized spacial score (nSPS) is 15.0. The smallest absolute Gasteiger partial charge is 0.0408 e.